The summed E-state index contributed by atoms with van der Waals surface area (Å²) in [6, 6.07) is 4.19. The van der Waals surface area contributed by atoms with Crippen LogP contribution in [0.4, 0.5) is 0 Å². The van der Waals surface area contributed by atoms with Crippen molar-refractivity contribution in [3.05, 3.63) is 47.0 Å². The van der Waals surface area contributed by atoms with Gasteiger partial charge in [0.25, 0.3) is 0 Å². The standard InChI is InChI=1S/C19H30N6/c1-5-21-19(23-11-8-18-7-10-20-14-15(18)2)22-9-6-12-25-17(4)13-16(3)24-25/h7,10,13-14H,5-6,8-9,11-12H2,1-4H3,(H2,21,22,23). The van der Waals surface area contributed by atoms with E-state index in [1.54, 1.807) is 0 Å². The summed E-state index contributed by atoms with van der Waals surface area (Å²) in [4.78, 5) is 8.80. The van der Waals surface area contributed by atoms with Gasteiger partial charge in [-0.05, 0) is 63.8 Å². The van der Waals surface area contributed by atoms with E-state index < -0.39 is 0 Å². The maximum Gasteiger partial charge on any atom is 0.191 e. The minimum Gasteiger partial charge on any atom is -0.357 e. The van der Waals surface area contributed by atoms with Crippen LogP contribution in [0.2, 0.25) is 0 Å². The number of guanidine groups is 1. The molecule has 6 heteroatoms. The highest BCUT2D eigenvalue weighted by Crippen LogP contribution is 2.05. The van der Waals surface area contributed by atoms with Gasteiger partial charge in [-0.3, -0.25) is 14.7 Å². The Morgan fingerprint density at radius 3 is 2.76 bits per heavy atom. The molecule has 0 unspecified atom stereocenters. The Balaban J connectivity index is 1.77. The molecule has 0 aromatic carbocycles. The van der Waals surface area contributed by atoms with E-state index >= 15 is 0 Å². The molecule has 0 aliphatic carbocycles. The molecule has 0 radical (unpaired) electrons. The molecule has 0 amide bonds. The molecule has 0 bridgehead atoms. The van der Waals surface area contributed by atoms with Gasteiger partial charge >= 0.3 is 0 Å². The Bertz CT molecular complexity index is 689. The van der Waals surface area contributed by atoms with Crippen molar-refractivity contribution in [1.29, 1.82) is 0 Å². The van der Waals surface area contributed by atoms with Crippen LogP contribution in [0.25, 0.3) is 0 Å². The maximum absolute atomic E-state index is 4.66. The first-order chi connectivity index (χ1) is 12.1. The Hall–Kier alpha value is -2.37. The van der Waals surface area contributed by atoms with E-state index in [0.717, 1.165) is 50.7 Å². The van der Waals surface area contributed by atoms with Gasteiger partial charge in [-0.25, -0.2) is 0 Å². The predicted octanol–water partition coefficient (Wildman–Crippen LogP) is 2.39. The third kappa shape index (κ3) is 6.21. The molecule has 25 heavy (non-hydrogen) atoms. The summed E-state index contributed by atoms with van der Waals surface area (Å²) in [7, 11) is 0. The fraction of sp³-hybridized carbons (Fsp3) is 0.526. The zero-order valence-corrected chi connectivity index (χ0v) is 15.8. The van der Waals surface area contributed by atoms with Crippen LogP contribution in [0.5, 0.6) is 0 Å². The molecule has 2 heterocycles. The molecular weight excluding hydrogens is 312 g/mol. The van der Waals surface area contributed by atoms with Crippen LogP contribution in [-0.4, -0.2) is 40.4 Å². The van der Waals surface area contributed by atoms with Crippen LogP contribution < -0.4 is 10.6 Å². The van der Waals surface area contributed by atoms with Crippen LogP contribution in [-0.2, 0) is 13.0 Å². The number of nitrogens with zero attached hydrogens (tertiary/aromatic N) is 4. The molecule has 0 spiro atoms. The third-order valence-corrected chi connectivity index (χ3v) is 4.07. The van der Waals surface area contributed by atoms with Crippen molar-refractivity contribution in [3.8, 4) is 0 Å². The molecule has 2 aromatic heterocycles. The highest BCUT2D eigenvalue weighted by molar-refractivity contribution is 5.79. The van der Waals surface area contributed by atoms with Gasteiger partial charge in [-0.1, -0.05) is 0 Å². The Morgan fingerprint density at radius 1 is 1.24 bits per heavy atom. The number of nitrogens with one attached hydrogen (secondary N) is 2. The number of hydrogen-bond donors (Lipinski definition) is 2. The summed E-state index contributed by atoms with van der Waals surface area (Å²) < 4.78 is 2.05. The smallest absolute Gasteiger partial charge is 0.191 e. The molecule has 136 valence electrons. The molecule has 0 atom stereocenters. The number of aliphatic imine (C=N–C) groups is 1. The van der Waals surface area contributed by atoms with E-state index in [1.807, 2.05) is 19.3 Å². The normalized spacial score (nSPS) is 11.6. The van der Waals surface area contributed by atoms with Crippen molar-refractivity contribution in [2.45, 2.75) is 47.1 Å². The first-order valence-electron chi connectivity index (χ1n) is 9.03. The summed E-state index contributed by atoms with van der Waals surface area (Å²) in [5, 5.41) is 11.2. The fourth-order valence-corrected chi connectivity index (χ4v) is 2.75. The van der Waals surface area contributed by atoms with E-state index in [-0.39, 0.29) is 0 Å². The number of aromatic nitrogens is 3. The molecule has 0 aliphatic heterocycles. The summed E-state index contributed by atoms with van der Waals surface area (Å²) >= 11 is 0. The topological polar surface area (TPSA) is 67.1 Å². The van der Waals surface area contributed by atoms with Gasteiger partial charge in [0.15, 0.2) is 5.96 Å². The summed E-state index contributed by atoms with van der Waals surface area (Å²) in [5.41, 5.74) is 4.83. The van der Waals surface area contributed by atoms with Crippen LogP contribution in [0.1, 0.15) is 35.9 Å². The van der Waals surface area contributed by atoms with Crippen LogP contribution in [0, 0.1) is 20.8 Å². The minimum atomic E-state index is 0.780. The molecule has 0 saturated carbocycles. The molecule has 0 aliphatic rings. The van der Waals surface area contributed by atoms with E-state index in [1.165, 1.54) is 16.8 Å². The minimum absolute atomic E-state index is 0.780. The van der Waals surface area contributed by atoms with Crippen LogP contribution >= 0.6 is 0 Å². The lowest BCUT2D eigenvalue weighted by molar-refractivity contribution is 0.567. The molecule has 0 fully saturated rings. The molecular formula is C19H30N6. The average molecular weight is 342 g/mol. The van der Waals surface area contributed by atoms with Crippen molar-refractivity contribution in [2.75, 3.05) is 19.6 Å². The highest BCUT2D eigenvalue weighted by Gasteiger charge is 2.02. The second-order valence-electron chi connectivity index (χ2n) is 6.24. The second kappa shape index (κ2) is 9.81. The quantitative estimate of drug-likeness (QED) is 0.439. The highest BCUT2D eigenvalue weighted by atomic mass is 15.3. The fourth-order valence-electron chi connectivity index (χ4n) is 2.75. The molecule has 2 N–H and O–H groups in total. The first kappa shape index (κ1) is 19.0. The Labute approximate surface area is 150 Å². The molecule has 2 rings (SSSR count). The maximum atomic E-state index is 4.66. The van der Waals surface area contributed by atoms with Gasteiger partial charge < -0.3 is 10.6 Å². The largest absolute Gasteiger partial charge is 0.357 e. The average Bonchev–Trinajstić information content (AvgIpc) is 2.90. The van der Waals surface area contributed by atoms with Crippen molar-refractivity contribution >= 4 is 5.96 Å². The Kier molecular flexibility index (Phi) is 7.44. The predicted molar refractivity (Wildman–Crippen MR) is 103 cm³/mol. The number of hydrogen-bond acceptors (Lipinski definition) is 3. The summed E-state index contributed by atoms with van der Waals surface area (Å²) in [6.45, 7) is 11.7. The van der Waals surface area contributed by atoms with Crippen LogP contribution in [0.3, 0.4) is 0 Å². The van der Waals surface area contributed by atoms with Gasteiger partial charge in [0.1, 0.15) is 0 Å². The zero-order valence-electron chi connectivity index (χ0n) is 15.8. The van der Waals surface area contributed by atoms with Gasteiger partial charge in [-0.2, -0.15) is 5.10 Å². The number of aryl methyl sites for hydroxylation is 4. The van der Waals surface area contributed by atoms with Gasteiger partial charge in [0.05, 0.1) is 5.69 Å². The summed E-state index contributed by atoms with van der Waals surface area (Å²) in [6.07, 6.45) is 5.70. The van der Waals surface area contributed by atoms with E-state index in [0.29, 0.717) is 0 Å². The van der Waals surface area contributed by atoms with Gasteiger partial charge in [0, 0.05) is 44.3 Å². The number of rotatable bonds is 8. The van der Waals surface area contributed by atoms with Crippen molar-refractivity contribution in [1.82, 2.24) is 25.4 Å². The van der Waals surface area contributed by atoms with E-state index in [4.69, 9.17) is 0 Å². The molecule has 0 saturated heterocycles. The Morgan fingerprint density at radius 2 is 2.08 bits per heavy atom. The SMILES string of the molecule is CCNC(=NCCCn1nc(C)cc1C)NCCc1ccncc1C. The van der Waals surface area contributed by atoms with Crippen LogP contribution in [0.15, 0.2) is 29.5 Å². The monoisotopic (exact) mass is 342 g/mol. The van der Waals surface area contributed by atoms with Gasteiger partial charge in [-0.15, -0.1) is 0 Å². The molecule has 2 aromatic rings. The lowest BCUT2D eigenvalue weighted by Crippen LogP contribution is -2.38. The van der Waals surface area contributed by atoms with Crippen molar-refractivity contribution < 1.29 is 0 Å². The second-order valence-corrected chi connectivity index (χ2v) is 6.24. The number of pyridine rings is 1. The lowest BCUT2D eigenvalue weighted by atomic mass is 10.1. The summed E-state index contributed by atoms with van der Waals surface area (Å²) in [5.74, 6) is 0.877. The van der Waals surface area contributed by atoms with Crippen molar-refractivity contribution in [3.63, 3.8) is 0 Å². The van der Waals surface area contributed by atoms with Crippen molar-refractivity contribution in [2.24, 2.45) is 4.99 Å². The molecule has 6 nitrogen and oxygen atoms in total. The first-order valence-corrected chi connectivity index (χ1v) is 9.03. The van der Waals surface area contributed by atoms with E-state index in [9.17, 15) is 0 Å². The third-order valence-electron chi connectivity index (χ3n) is 4.07. The van der Waals surface area contributed by atoms with E-state index in [2.05, 4.69) is 63.3 Å². The zero-order chi connectivity index (χ0) is 18.1. The van der Waals surface area contributed by atoms with Gasteiger partial charge in [0.2, 0.25) is 0 Å². The lowest BCUT2D eigenvalue weighted by Gasteiger charge is -2.12.